The van der Waals surface area contributed by atoms with E-state index in [2.05, 4.69) is 41.5 Å². The molecule has 0 bridgehead atoms. The zero-order chi connectivity index (χ0) is 17.8. The van der Waals surface area contributed by atoms with E-state index in [-0.39, 0.29) is 15.8 Å². The molecule has 2 nitrogen and oxygen atoms in total. The monoisotopic (exact) mass is 368 g/mol. The van der Waals surface area contributed by atoms with Gasteiger partial charge in [-0.25, -0.2) is 0 Å². The van der Waals surface area contributed by atoms with Gasteiger partial charge in [0.25, 0.3) is 0 Å². The highest BCUT2D eigenvalue weighted by atomic mass is 31.1. The standard InChI is InChI=1S/C20H34O2P2/c1-19(2,3)23-13-11-21-17-9-7-8-10-18(17)22-12-14-24(16-15-23)20(4,5)6/h7-10H,11-16H2,1-6H3/t23-,24+. The maximum Gasteiger partial charge on any atom is 0.161 e. The van der Waals surface area contributed by atoms with E-state index in [1.54, 1.807) is 0 Å². The largest absolute Gasteiger partial charge is 0.489 e. The van der Waals surface area contributed by atoms with Gasteiger partial charge in [0, 0.05) is 12.3 Å². The highest BCUT2D eigenvalue weighted by molar-refractivity contribution is 7.63. The fourth-order valence-electron chi connectivity index (χ4n) is 3.03. The highest BCUT2D eigenvalue weighted by Crippen LogP contribution is 2.55. The summed E-state index contributed by atoms with van der Waals surface area (Å²) < 4.78 is 12.2. The predicted molar refractivity (Wildman–Crippen MR) is 110 cm³/mol. The van der Waals surface area contributed by atoms with Crippen molar-refractivity contribution in [3.8, 4) is 11.5 Å². The van der Waals surface area contributed by atoms with Crippen molar-refractivity contribution in [1.29, 1.82) is 0 Å². The van der Waals surface area contributed by atoms with E-state index in [1.807, 2.05) is 24.3 Å². The number of hydrogen-bond donors (Lipinski definition) is 0. The molecule has 1 aromatic carbocycles. The van der Waals surface area contributed by atoms with Crippen LogP contribution in [0.3, 0.4) is 0 Å². The first-order valence-corrected chi connectivity index (χ1v) is 12.4. The Morgan fingerprint density at radius 3 is 1.38 bits per heavy atom. The summed E-state index contributed by atoms with van der Waals surface area (Å²) in [6.07, 6.45) is 5.10. The van der Waals surface area contributed by atoms with Crippen molar-refractivity contribution in [1.82, 2.24) is 0 Å². The lowest BCUT2D eigenvalue weighted by Crippen LogP contribution is -2.24. The topological polar surface area (TPSA) is 18.5 Å². The normalized spacial score (nSPS) is 23.9. The fourth-order valence-corrected chi connectivity index (χ4v) is 8.71. The molecule has 0 amide bonds. The van der Waals surface area contributed by atoms with Crippen molar-refractivity contribution in [3.05, 3.63) is 24.3 Å². The second-order valence-corrected chi connectivity index (χ2v) is 15.1. The molecule has 1 heterocycles. The van der Waals surface area contributed by atoms with Gasteiger partial charge in [-0.1, -0.05) is 69.5 Å². The number of hydrogen-bond acceptors (Lipinski definition) is 2. The van der Waals surface area contributed by atoms with E-state index >= 15 is 0 Å². The smallest absolute Gasteiger partial charge is 0.161 e. The SMILES string of the molecule is CC(C)(C)[P@]1CCOc2ccccc2OCC[P@](C(C)(C)C)CC1. The van der Waals surface area contributed by atoms with Gasteiger partial charge < -0.3 is 9.47 Å². The van der Waals surface area contributed by atoms with Gasteiger partial charge in [-0.05, 0) is 34.8 Å². The summed E-state index contributed by atoms with van der Waals surface area (Å²) in [5, 5.41) is 0.801. The maximum absolute atomic E-state index is 6.08. The van der Waals surface area contributed by atoms with Crippen LogP contribution in [-0.2, 0) is 0 Å². The molecule has 4 heteroatoms. The van der Waals surface area contributed by atoms with Gasteiger partial charge in [-0.15, -0.1) is 0 Å². The van der Waals surface area contributed by atoms with Gasteiger partial charge in [0.2, 0.25) is 0 Å². The lowest BCUT2D eigenvalue weighted by molar-refractivity contribution is 0.289. The second kappa shape index (κ2) is 8.37. The molecule has 0 fully saturated rings. The molecule has 0 saturated carbocycles. The molecule has 0 spiro atoms. The first-order chi connectivity index (χ1) is 11.2. The Bertz CT molecular complexity index is 470. The zero-order valence-corrected chi connectivity index (χ0v) is 18.1. The van der Waals surface area contributed by atoms with Crippen molar-refractivity contribution in [2.24, 2.45) is 0 Å². The second-order valence-electron chi connectivity index (χ2n) is 8.46. The minimum absolute atomic E-state index is 0.0185. The van der Waals surface area contributed by atoms with Crippen LogP contribution < -0.4 is 9.47 Å². The third-order valence-electron chi connectivity index (χ3n) is 4.62. The van der Waals surface area contributed by atoms with Crippen LogP contribution in [0.5, 0.6) is 11.5 Å². The van der Waals surface area contributed by atoms with Crippen LogP contribution in [-0.4, -0.2) is 48.2 Å². The third-order valence-corrected chi connectivity index (χ3v) is 11.7. The van der Waals surface area contributed by atoms with Gasteiger partial charge in [-0.3, -0.25) is 0 Å². The first kappa shape index (κ1) is 20.0. The molecule has 136 valence electrons. The molecule has 0 aromatic heterocycles. The number of para-hydroxylation sites is 2. The van der Waals surface area contributed by atoms with Crippen molar-refractivity contribution < 1.29 is 9.47 Å². The summed E-state index contributed by atoms with van der Waals surface area (Å²) in [6.45, 7) is 16.0. The Labute approximate surface area is 151 Å². The van der Waals surface area contributed by atoms with E-state index < -0.39 is 0 Å². The number of ether oxygens (including phenoxy) is 2. The van der Waals surface area contributed by atoms with Crippen LogP contribution in [0.1, 0.15) is 41.5 Å². The molecule has 0 N–H and O–H groups in total. The number of fused-ring (bicyclic) bond motifs is 1. The maximum atomic E-state index is 6.08. The van der Waals surface area contributed by atoms with Crippen LogP contribution in [0.4, 0.5) is 0 Å². The van der Waals surface area contributed by atoms with E-state index in [1.165, 1.54) is 24.6 Å². The Balaban J connectivity index is 2.19. The number of rotatable bonds is 0. The Morgan fingerprint density at radius 2 is 1.04 bits per heavy atom. The summed E-state index contributed by atoms with van der Waals surface area (Å²) in [6, 6.07) is 8.13. The summed E-state index contributed by atoms with van der Waals surface area (Å²) in [7, 11) is -0.0370. The van der Waals surface area contributed by atoms with Crippen LogP contribution in [0.25, 0.3) is 0 Å². The van der Waals surface area contributed by atoms with Crippen LogP contribution in [0.2, 0.25) is 0 Å². The molecule has 1 aromatic rings. The lowest BCUT2D eigenvalue weighted by atomic mass is 10.3. The molecule has 0 aliphatic carbocycles. The molecule has 2 rings (SSSR count). The number of benzene rings is 1. The molecular formula is C20H34O2P2. The lowest BCUT2D eigenvalue weighted by Gasteiger charge is -2.37. The minimum Gasteiger partial charge on any atom is -0.489 e. The minimum atomic E-state index is -0.0185. The zero-order valence-electron chi connectivity index (χ0n) is 16.3. The first-order valence-electron chi connectivity index (χ1n) is 9.03. The molecule has 1 aliphatic heterocycles. The summed E-state index contributed by atoms with van der Waals surface area (Å²) >= 11 is 0. The molecular weight excluding hydrogens is 334 g/mol. The molecule has 2 atom stereocenters. The van der Waals surface area contributed by atoms with Gasteiger partial charge >= 0.3 is 0 Å². The molecule has 0 saturated heterocycles. The third kappa shape index (κ3) is 5.89. The Kier molecular flexibility index (Phi) is 6.98. The highest BCUT2D eigenvalue weighted by Gasteiger charge is 2.29. The Morgan fingerprint density at radius 1 is 0.667 bits per heavy atom. The fraction of sp³-hybridized carbons (Fsp3) is 0.700. The predicted octanol–water partition coefficient (Wildman–Crippen LogP) is 6.02. The van der Waals surface area contributed by atoms with Crippen molar-refractivity contribution >= 4 is 15.8 Å². The molecule has 0 radical (unpaired) electrons. The van der Waals surface area contributed by atoms with Gasteiger partial charge in [0.15, 0.2) is 11.5 Å². The molecule has 24 heavy (non-hydrogen) atoms. The summed E-state index contributed by atoms with van der Waals surface area (Å²) in [4.78, 5) is 0. The average Bonchev–Trinajstić information content (AvgIpc) is 2.45. The van der Waals surface area contributed by atoms with E-state index in [0.717, 1.165) is 24.7 Å². The van der Waals surface area contributed by atoms with Gasteiger partial charge in [-0.2, -0.15) is 0 Å². The van der Waals surface area contributed by atoms with Crippen LogP contribution in [0.15, 0.2) is 24.3 Å². The average molecular weight is 368 g/mol. The summed E-state index contributed by atoms with van der Waals surface area (Å²) in [5.74, 6) is 1.81. The van der Waals surface area contributed by atoms with Crippen LogP contribution in [0, 0.1) is 0 Å². The van der Waals surface area contributed by atoms with Crippen molar-refractivity contribution in [3.63, 3.8) is 0 Å². The van der Waals surface area contributed by atoms with E-state index in [4.69, 9.17) is 9.47 Å². The summed E-state index contributed by atoms with van der Waals surface area (Å²) in [5.41, 5.74) is 0. The van der Waals surface area contributed by atoms with Gasteiger partial charge in [0.1, 0.15) is 0 Å². The van der Waals surface area contributed by atoms with E-state index in [0.29, 0.717) is 10.3 Å². The Hall–Kier alpha value is -0.320. The van der Waals surface area contributed by atoms with Crippen LogP contribution >= 0.6 is 15.8 Å². The van der Waals surface area contributed by atoms with Gasteiger partial charge in [0.05, 0.1) is 13.2 Å². The van der Waals surface area contributed by atoms with Crippen molar-refractivity contribution in [2.45, 2.75) is 51.9 Å². The molecule has 1 aliphatic rings. The van der Waals surface area contributed by atoms with Crippen molar-refractivity contribution in [2.75, 3.05) is 37.9 Å². The quantitative estimate of drug-likeness (QED) is 0.522. The van der Waals surface area contributed by atoms with E-state index in [9.17, 15) is 0 Å². The molecule has 0 unspecified atom stereocenters.